The van der Waals surface area contributed by atoms with E-state index in [9.17, 15) is 14.4 Å². The molecule has 0 unspecified atom stereocenters. The standard InChI is InChI=1S/C21H20BrN5O3/c1-12(2)13-3-9-16(10-4-13)27-20(29)18-19(21(27)30)26(25-24-18)11-17(28)23-15-7-5-14(22)6-8-15/h3-10,12,18-19H,11H2,1-2H3,(H,23,28)/t18-,19-/m1/s1. The van der Waals surface area contributed by atoms with Gasteiger partial charge in [0.15, 0.2) is 12.1 Å². The third-order valence-corrected chi connectivity index (χ3v) is 5.64. The van der Waals surface area contributed by atoms with E-state index >= 15 is 0 Å². The molecule has 0 aromatic heterocycles. The minimum Gasteiger partial charge on any atom is -0.324 e. The Kier molecular flexibility index (Phi) is 5.38. The van der Waals surface area contributed by atoms with Crippen LogP contribution < -0.4 is 10.2 Å². The summed E-state index contributed by atoms with van der Waals surface area (Å²) in [6.45, 7) is 3.96. The van der Waals surface area contributed by atoms with E-state index in [0.717, 1.165) is 14.9 Å². The van der Waals surface area contributed by atoms with Crippen molar-refractivity contribution < 1.29 is 14.4 Å². The second-order valence-corrected chi connectivity index (χ2v) is 8.42. The Labute approximate surface area is 182 Å². The molecule has 8 nitrogen and oxygen atoms in total. The van der Waals surface area contributed by atoms with E-state index in [4.69, 9.17) is 0 Å². The van der Waals surface area contributed by atoms with Gasteiger partial charge in [0, 0.05) is 10.2 Å². The molecule has 2 aliphatic heterocycles. The number of hydrogen-bond donors (Lipinski definition) is 1. The Balaban J connectivity index is 1.47. The summed E-state index contributed by atoms with van der Waals surface area (Å²) in [5, 5.41) is 11.9. The number of halogens is 1. The number of imide groups is 1. The van der Waals surface area contributed by atoms with E-state index in [-0.39, 0.29) is 12.5 Å². The van der Waals surface area contributed by atoms with Crippen molar-refractivity contribution in [3.05, 3.63) is 58.6 Å². The molecule has 0 radical (unpaired) electrons. The van der Waals surface area contributed by atoms with Crippen LogP contribution in [0.25, 0.3) is 0 Å². The predicted molar refractivity (Wildman–Crippen MR) is 115 cm³/mol. The maximum absolute atomic E-state index is 13.0. The predicted octanol–water partition coefficient (Wildman–Crippen LogP) is 3.50. The molecule has 0 aliphatic carbocycles. The van der Waals surface area contributed by atoms with Crippen molar-refractivity contribution in [2.45, 2.75) is 31.8 Å². The Morgan fingerprint density at radius 2 is 1.73 bits per heavy atom. The molecule has 154 valence electrons. The smallest absolute Gasteiger partial charge is 0.263 e. The van der Waals surface area contributed by atoms with Gasteiger partial charge in [-0.15, -0.1) is 0 Å². The van der Waals surface area contributed by atoms with Gasteiger partial charge in [0.05, 0.1) is 5.69 Å². The Hall–Kier alpha value is -3.07. The van der Waals surface area contributed by atoms with Gasteiger partial charge < -0.3 is 5.32 Å². The van der Waals surface area contributed by atoms with Crippen LogP contribution in [0.5, 0.6) is 0 Å². The SMILES string of the molecule is CC(C)c1ccc(N2C(=O)[C@@H]3N=NN(CC(=O)Nc4ccc(Br)cc4)[C@H]3C2=O)cc1. The van der Waals surface area contributed by atoms with Crippen molar-refractivity contribution >= 4 is 45.0 Å². The van der Waals surface area contributed by atoms with Crippen LogP contribution in [0.2, 0.25) is 0 Å². The zero-order valence-electron chi connectivity index (χ0n) is 16.4. The van der Waals surface area contributed by atoms with Crippen molar-refractivity contribution in [1.82, 2.24) is 5.01 Å². The highest BCUT2D eigenvalue weighted by Crippen LogP contribution is 2.32. The minimum atomic E-state index is -0.928. The molecule has 0 bridgehead atoms. The third-order valence-electron chi connectivity index (χ3n) is 5.11. The lowest BCUT2D eigenvalue weighted by molar-refractivity contribution is -0.123. The largest absolute Gasteiger partial charge is 0.324 e. The molecule has 9 heteroatoms. The fraction of sp³-hybridized carbons (Fsp3) is 0.286. The number of benzene rings is 2. The highest BCUT2D eigenvalue weighted by atomic mass is 79.9. The Morgan fingerprint density at radius 3 is 2.37 bits per heavy atom. The molecule has 1 saturated heterocycles. The summed E-state index contributed by atoms with van der Waals surface area (Å²) in [5.41, 5.74) is 2.24. The van der Waals surface area contributed by atoms with Gasteiger partial charge in [-0.1, -0.05) is 47.1 Å². The van der Waals surface area contributed by atoms with Crippen LogP contribution in [0, 0.1) is 0 Å². The fourth-order valence-corrected chi connectivity index (χ4v) is 3.76. The van der Waals surface area contributed by atoms with Crippen LogP contribution in [0.4, 0.5) is 11.4 Å². The van der Waals surface area contributed by atoms with Gasteiger partial charge in [-0.05, 0) is 47.9 Å². The van der Waals surface area contributed by atoms with Crippen molar-refractivity contribution in [3.63, 3.8) is 0 Å². The molecule has 3 amide bonds. The van der Waals surface area contributed by atoms with Gasteiger partial charge in [-0.25, -0.2) is 4.90 Å². The summed E-state index contributed by atoms with van der Waals surface area (Å²) >= 11 is 3.34. The number of anilines is 2. The lowest BCUT2D eigenvalue weighted by Crippen LogP contribution is -2.43. The average molecular weight is 470 g/mol. The highest BCUT2D eigenvalue weighted by Gasteiger charge is 2.55. The molecule has 2 aliphatic rings. The number of hydrogen-bond acceptors (Lipinski definition) is 6. The van der Waals surface area contributed by atoms with Gasteiger partial charge in [0.25, 0.3) is 11.8 Å². The van der Waals surface area contributed by atoms with E-state index < -0.39 is 23.9 Å². The number of carbonyl (C=O) groups is 3. The molecule has 0 saturated carbocycles. The summed E-state index contributed by atoms with van der Waals surface area (Å²) in [6, 6.07) is 12.6. The molecule has 2 atom stereocenters. The molecular formula is C21H20BrN5O3. The van der Waals surface area contributed by atoms with Gasteiger partial charge in [0.2, 0.25) is 5.91 Å². The van der Waals surface area contributed by atoms with Crippen LogP contribution in [0.15, 0.2) is 63.3 Å². The normalized spacial score (nSPS) is 20.3. The number of fused-ring (bicyclic) bond motifs is 1. The Morgan fingerprint density at radius 1 is 1.07 bits per heavy atom. The van der Waals surface area contributed by atoms with Crippen LogP contribution in [-0.4, -0.2) is 41.4 Å². The zero-order valence-corrected chi connectivity index (χ0v) is 18.0. The lowest BCUT2D eigenvalue weighted by atomic mass is 10.0. The first-order valence-corrected chi connectivity index (χ1v) is 10.3. The van der Waals surface area contributed by atoms with E-state index in [1.807, 2.05) is 24.3 Å². The average Bonchev–Trinajstić information content (AvgIpc) is 3.23. The van der Waals surface area contributed by atoms with Crippen LogP contribution in [0.3, 0.4) is 0 Å². The van der Waals surface area contributed by atoms with Crippen molar-refractivity contribution in [2.24, 2.45) is 10.3 Å². The first-order valence-electron chi connectivity index (χ1n) is 9.56. The second kappa shape index (κ2) is 7.98. The number of rotatable bonds is 5. The number of amides is 3. The van der Waals surface area contributed by atoms with E-state index in [1.165, 1.54) is 5.01 Å². The van der Waals surface area contributed by atoms with Gasteiger partial charge in [-0.3, -0.25) is 19.4 Å². The van der Waals surface area contributed by atoms with E-state index in [2.05, 4.69) is 45.4 Å². The molecule has 2 aromatic carbocycles. The summed E-state index contributed by atoms with van der Waals surface area (Å²) < 4.78 is 0.897. The molecule has 1 fully saturated rings. The van der Waals surface area contributed by atoms with Gasteiger partial charge >= 0.3 is 0 Å². The molecule has 2 aromatic rings. The molecule has 0 spiro atoms. The molecule has 2 heterocycles. The van der Waals surface area contributed by atoms with E-state index in [0.29, 0.717) is 17.3 Å². The first kappa shape index (κ1) is 20.2. The second-order valence-electron chi connectivity index (χ2n) is 7.51. The maximum Gasteiger partial charge on any atom is 0.263 e. The molecule has 30 heavy (non-hydrogen) atoms. The highest BCUT2D eigenvalue weighted by molar-refractivity contribution is 9.10. The number of nitrogens with one attached hydrogen (secondary N) is 1. The fourth-order valence-electron chi connectivity index (χ4n) is 3.50. The van der Waals surface area contributed by atoms with Crippen LogP contribution >= 0.6 is 15.9 Å². The van der Waals surface area contributed by atoms with Crippen molar-refractivity contribution in [2.75, 3.05) is 16.8 Å². The maximum atomic E-state index is 13.0. The topological polar surface area (TPSA) is 94.4 Å². The summed E-state index contributed by atoms with van der Waals surface area (Å²) in [4.78, 5) is 39.3. The quantitative estimate of drug-likeness (QED) is 0.677. The van der Waals surface area contributed by atoms with Crippen molar-refractivity contribution in [3.8, 4) is 0 Å². The third kappa shape index (κ3) is 3.72. The van der Waals surface area contributed by atoms with Crippen LogP contribution in [-0.2, 0) is 14.4 Å². The number of carbonyl (C=O) groups excluding carboxylic acids is 3. The molecule has 4 rings (SSSR count). The van der Waals surface area contributed by atoms with E-state index in [1.54, 1.807) is 24.3 Å². The monoisotopic (exact) mass is 469 g/mol. The zero-order chi connectivity index (χ0) is 21.4. The first-order chi connectivity index (χ1) is 14.3. The van der Waals surface area contributed by atoms with Crippen molar-refractivity contribution in [1.29, 1.82) is 0 Å². The minimum absolute atomic E-state index is 0.181. The van der Waals surface area contributed by atoms with Crippen LogP contribution in [0.1, 0.15) is 25.3 Å². The summed E-state index contributed by atoms with van der Waals surface area (Å²) in [7, 11) is 0. The summed E-state index contributed by atoms with van der Waals surface area (Å²) in [6.07, 6.45) is 0. The van der Waals surface area contributed by atoms with Gasteiger partial charge in [-0.2, -0.15) is 5.11 Å². The molecular weight excluding hydrogens is 450 g/mol. The lowest BCUT2D eigenvalue weighted by Gasteiger charge is -2.20. The molecule has 1 N–H and O–H groups in total. The summed E-state index contributed by atoms with van der Waals surface area (Å²) in [5.74, 6) is -0.862. The number of nitrogens with zero attached hydrogens (tertiary/aromatic N) is 4. The van der Waals surface area contributed by atoms with Gasteiger partial charge in [0.1, 0.15) is 6.54 Å². The Bertz CT molecular complexity index is 1020.